The molecule has 0 amide bonds. The minimum atomic E-state index is -3.05. The van der Waals surface area contributed by atoms with Gasteiger partial charge in [-0.05, 0) is 36.7 Å². The molecule has 1 fully saturated rings. The number of benzene rings is 1. The van der Waals surface area contributed by atoms with E-state index >= 15 is 0 Å². The van der Waals surface area contributed by atoms with Crippen LogP contribution in [0.1, 0.15) is 36.6 Å². The Morgan fingerprint density at radius 2 is 2.00 bits per heavy atom. The van der Waals surface area contributed by atoms with Gasteiger partial charge >= 0.3 is 0 Å². The number of halogens is 1. The highest BCUT2D eigenvalue weighted by Gasteiger charge is 2.28. The second-order valence-corrected chi connectivity index (χ2v) is 9.12. The number of piperidine rings is 1. The molecule has 3 atom stereocenters. The Bertz CT molecular complexity index is 547. The highest BCUT2D eigenvalue weighted by molar-refractivity contribution is 9.09. The molecule has 1 saturated heterocycles. The van der Waals surface area contributed by atoms with Crippen molar-refractivity contribution >= 4 is 26.0 Å². The number of hydrogen-bond acceptors (Lipinski definition) is 2. The minimum Gasteiger partial charge on any atom is -0.213 e. The summed E-state index contributed by atoms with van der Waals surface area (Å²) in [5.41, 5.74) is 1.29. The summed E-state index contributed by atoms with van der Waals surface area (Å²) in [5, 5.41) is 0. The molecule has 1 aromatic carbocycles. The molecule has 1 aliphatic heterocycles. The largest absolute Gasteiger partial charge is 0.213 e. The van der Waals surface area contributed by atoms with Crippen LogP contribution in [0.15, 0.2) is 30.3 Å². The third-order valence-electron chi connectivity index (χ3n) is 4.27. The first-order valence-electron chi connectivity index (χ1n) is 7.52. The second-order valence-electron chi connectivity index (χ2n) is 6.15. The Morgan fingerprint density at radius 3 is 2.62 bits per heavy atom. The number of alkyl halides is 1. The average molecular weight is 374 g/mol. The summed E-state index contributed by atoms with van der Waals surface area (Å²) in [6.45, 7) is 3.60. The van der Waals surface area contributed by atoms with E-state index in [-0.39, 0.29) is 0 Å². The van der Waals surface area contributed by atoms with Gasteiger partial charge in [-0.15, -0.1) is 0 Å². The third-order valence-corrected chi connectivity index (χ3v) is 6.97. The molecular formula is C16H24BrNO2S. The number of rotatable bonds is 5. The van der Waals surface area contributed by atoms with Crippen LogP contribution < -0.4 is 0 Å². The van der Waals surface area contributed by atoms with Crippen molar-refractivity contribution in [2.75, 3.05) is 19.3 Å². The van der Waals surface area contributed by atoms with Gasteiger partial charge in [-0.25, -0.2) is 12.7 Å². The summed E-state index contributed by atoms with van der Waals surface area (Å²) in [7, 11) is -3.05. The molecule has 0 N–H and O–H groups in total. The van der Waals surface area contributed by atoms with Crippen molar-refractivity contribution in [3.05, 3.63) is 35.9 Å². The Labute approximate surface area is 136 Å². The van der Waals surface area contributed by atoms with E-state index in [9.17, 15) is 8.42 Å². The maximum absolute atomic E-state index is 11.7. The first-order chi connectivity index (χ1) is 9.88. The van der Waals surface area contributed by atoms with Gasteiger partial charge in [0.05, 0.1) is 6.26 Å². The zero-order valence-electron chi connectivity index (χ0n) is 12.7. The van der Waals surface area contributed by atoms with Gasteiger partial charge in [0.25, 0.3) is 0 Å². The number of nitrogens with zero attached hydrogens (tertiary/aromatic N) is 1. The van der Waals surface area contributed by atoms with Crippen LogP contribution in [0, 0.1) is 11.8 Å². The van der Waals surface area contributed by atoms with Crippen LogP contribution in [-0.4, -0.2) is 32.1 Å². The normalized spacial score (nSPS) is 23.7. The third kappa shape index (κ3) is 4.80. The quantitative estimate of drug-likeness (QED) is 0.735. The lowest BCUT2D eigenvalue weighted by molar-refractivity contribution is 0.234. The lowest BCUT2D eigenvalue weighted by Gasteiger charge is -2.33. The summed E-state index contributed by atoms with van der Waals surface area (Å²) >= 11 is 3.80. The summed E-state index contributed by atoms with van der Waals surface area (Å²) in [6.07, 6.45) is 4.47. The Kier molecular flexibility index (Phi) is 5.86. The van der Waals surface area contributed by atoms with E-state index in [2.05, 4.69) is 47.1 Å². The summed E-state index contributed by atoms with van der Waals surface area (Å²) < 4.78 is 25.0. The second kappa shape index (κ2) is 7.25. The smallest absolute Gasteiger partial charge is 0.211 e. The summed E-state index contributed by atoms with van der Waals surface area (Å²) in [6, 6.07) is 10.4. The molecule has 0 aliphatic carbocycles. The van der Waals surface area contributed by atoms with Crippen molar-refractivity contribution in [1.29, 1.82) is 0 Å². The molecule has 1 aliphatic rings. The maximum atomic E-state index is 11.7. The van der Waals surface area contributed by atoms with Crippen LogP contribution in [0.5, 0.6) is 0 Å². The van der Waals surface area contributed by atoms with Gasteiger partial charge in [-0.3, -0.25) is 0 Å². The van der Waals surface area contributed by atoms with Crippen LogP contribution in [-0.2, 0) is 10.0 Å². The molecule has 0 radical (unpaired) electrons. The SMILES string of the molecule is CC(CC1CCCN(S(C)(=O)=O)C1)C(Br)c1ccccc1. The van der Waals surface area contributed by atoms with Gasteiger partial charge in [0.15, 0.2) is 0 Å². The molecule has 0 spiro atoms. The molecule has 0 bridgehead atoms. The highest BCUT2D eigenvalue weighted by atomic mass is 79.9. The molecule has 5 heteroatoms. The Balaban J connectivity index is 1.95. The van der Waals surface area contributed by atoms with Crippen LogP contribution in [0.2, 0.25) is 0 Å². The maximum Gasteiger partial charge on any atom is 0.211 e. The van der Waals surface area contributed by atoms with Crippen LogP contribution >= 0.6 is 15.9 Å². The van der Waals surface area contributed by atoms with Gasteiger partial charge < -0.3 is 0 Å². The standard InChI is InChI=1S/C16H24BrNO2S/c1-13(16(17)15-8-4-3-5-9-15)11-14-7-6-10-18(12-14)21(2,19)20/h3-5,8-9,13-14,16H,6-7,10-12H2,1-2H3. The van der Waals surface area contributed by atoms with Gasteiger partial charge in [-0.2, -0.15) is 0 Å². The lowest BCUT2D eigenvalue weighted by atomic mass is 9.87. The van der Waals surface area contributed by atoms with Crippen molar-refractivity contribution in [2.24, 2.45) is 11.8 Å². The number of hydrogen-bond donors (Lipinski definition) is 0. The van der Waals surface area contributed by atoms with E-state index in [0.717, 1.165) is 19.3 Å². The molecule has 0 saturated carbocycles. The molecule has 1 aromatic rings. The van der Waals surface area contributed by atoms with Crippen molar-refractivity contribution in [3.8, 4) is 0 Å². The average Bonchev–Trinajstić information content (AvgIpc) is 2.47. The van der Waals surface area contributed by atoms with Gasteiger partial charge in [0, 0.05) is 17.9 Å². The minimum absolute atomic E-state index is 0.326. The van der Waals surface area contributed by atoms with Crippen LogP contribution in [0.3, 0.4) is 0 Å². The van der Waals surface area contributed by atoms with E-state index < -0.39 is 10.0 Å². The van der Waals surface area contributed by atoms with Crippen molar-refractivity contribution in [3.63, 3.8) is 0 Å². The fraction of sp³-hybridized carbons (Fsp3) is 0.625. The summed E-state index contributed by atoms with van der Waals surface area (Å²) in [4.78, 5) is 0.326. The van der Waals surface area contributed by atoms with E-state index in [1.807, 2.05) is 6.07 Å². The molecule has 3 nitrogen and oxygen atoms in total. The first kappa shape index (κ1) is 17.0. The fourth-order valence-electron chi connectivity index (χ4n) is 3.13. The molecular weight excluding hydrogens is 350 g/mol. The number of sulfonamides is 1. The fourth-order valence-corrected chi connectivity index (χ4v) is 4.59. The zero-order chi connectivity index (χ0) is 15.5. The monoisotopic (exact) mass is 373 g/mol. The van der Waals surface area contributed by atoms with Gasteiger partial charge in [0.1, 0.15) is 0 Å². The van der Waals surface area contributed by atoms with Crippen molar-refractivity contribution in [1.82, 2.24) is 4.31 Å². The van der Waals surface area contributed by atoms with Gasteiger partial charge in [0.2, 0.25) is 10.0 Å². The van der Waals surface area contributed by atoms with Gasteiger partial charge in [-0.1, -0.05) is 53.2 Å². The molecule has 21 heavy (non-hydrogen) atoms. The predicted molar refractivity (Wildman–Crippen MR) is 91.0 cm³/mol. The predicted octanol–water partition coefficient (Wildman–Crippen LogP) is 3.82. The van der Waals surface area contributed by atoms with Crippen molar-refractivity contribution in [2.45, 2.75) is 31.0 Å². The first-order valence-corrected chi connectivity index (χ1v) is 10.3. The Hall–Kier alpha value is -0.390. The van der Waals surface area contributed by atoms with E-state index in [1.54, 1.807) is 4.31 Å². The molecule has 2 rings (SSSR count). The highest BCUT2D eigenvalue weighted by Crippen LogP contribution is 2.36. The van der Waals surface area contributed by atoms with E-state index in [1.165, 1.54) is 11.8 Å². The lowest BCUT2D eigenvalue weighted by Crippen LogP contribution is -2.39. The van der Waals surface area contributed by atoms with Crippen LogP contribution in [0.4, 0.5) is 0 Å². The zero-order valence-corrected chi connectivity index (χ0v) is 15.1. The van der Waals surface area contributed by atoms with E-state index in [4.69, 9.17) is 0 Å². The topological polar surface area (TPSA) is 37.4 Å². The van der Waals surface area contributed by atoms with E-state index in [0.29, 0.717) is 29.8 Å². The van der Waals surface area contributed by atoms with Crippen LogP contribution in [0.25, 0.3) is 0 Å². The molecule has 3 unspecified atom stereocenters. The Morgan fingerprint density at radius 1 is 1.33 bits per heavy atom. The van der Waals surface area contributed by atoms with Crippen molar-refractivity contribution < 1.29 is 8.42 Å². The molecule has 0 aromatic heterocycles. The summed E-state index contributed by atoms with van der Waals surface area (Å²) in [5.74, 6) is 0.948. The molecule has 1 heterocycles. The molecule has 118 valence electrons.